The molecule has 0 radical (unpaired) electrons. The molecule has 1 aromatic heterocycles. The molecular formula is C8H12N2OS. The van der Waals surface area contributed by atoms with Gasteiger partial charge in [0.25, 0.3) is 0 Å². The highest BCUT2D eigenvalue weighted by atomic mass is 32.1. The SMILES string of the molecule is CC1CCC(c2nc(N)cs2)O1. The van der Waals surface area contributed by atoms with Gasteiger partial charge in [0.2, 0.25) is 0 Å². The van der Waals surface area contributed by atoms with Gasteiger partial charge in [0.05, 0.1) is 6.10 Å². The smallest absolute Gasteiger partial charge is 0.134 e. The van der Waals surface area contributed by atoms with Crippen molar-refractivity contribution in [2.75, 3.05) is 5.73 Å². The maximum Gasteiger partial charge on any atom is 0.134 e. The summed E-state index contributed by atoms with van der Waals surface area (Å²) in [6.07, 6.45) is 2.78. The molecule has 0 bridgehead atoms. The molecular weight excluding hydrogens is 172 g/mol. The normalized spacial score (nSPS) is 29.4. The first-order chi connectivity index (χ1) is 5.75. The third-order valence-electron chi connectivity index (χ3n) is 2.05. The first-order valence-corrected chi connectivity index (χ1v) is 5.00. The van der Waals surface area contributed by atoms with Gasteiger partial charge in [-0.3, -0.25) is 0 Å². The van der Waals surface area contributed by atoms with E-state index < -0.39 is 0 Å². The molecule has 1 aliphatic heterocycles. The summed E-state index contributed by atoms with van der Waals surface area (Å²) in [6, 6.07) is 0. The van der Waals surface area contributed by atoms with E-state index in [0.29, 0.717) is 11.9 Å². The highest BCUT2D eigenvalue weighted by Gasteiger charge is 2.25. The summed E-state index contributed by atoms with van der Waals surface area (Å²) in [6.45, 7) is 2.09. The number of hydrogen-bond acceptors (Lipinski definition) is 4. The molecule has 3 nitrogen and oxygen atoms in total. The summed E-state index contributed by atoms with van der Waals surface area (Å²) < 4.78 is 5.65. The summed E-state index contributed by atoms with van der Waals surface area (Å²) in [5, 5.41) is 2.89. The number of rotatable bonds is 1. The van der Waals surface area contributed by atoms with Crippen LogP contribution in [0.2, 0.25) is 0 Å². The lowest BCUT2D eigenvalue weighted by atomic mass is 10.2. The zero-order valence-corrected chi connectivity index (χ0v) is 7.80. The van der Waals surface area contributed by atoms with Crippen molar-refractivity contribution in [2.45, 2.75) is 32.0 Å². The second-order valence-corrected chi connectivity index (χ2v) is 4.01. The third-order valence-corrected chi connectivity index (χ3v) is 3.00. The molecule has 1 aromatic rings. The van der Waals surface area contributed by atoms with E-state index >= 15 is 0 Å². The van der Waals surface area contributed by atoms with Gasteiger partial charge in [-0.15, -0.1) is 11.3 Å². The van der Waals surface area contributed by atoms with Crippen LogP contribution in [0.4, 0.5) is 5.82 Å². The fraction of sp³-hybridized carbons (Fsp3) is 0.625. The Labute approximate surface area is 75.6 Å². The van der Waals surface area contributed by atoms with Crippen LogP contribution in [0, 0.1) is 0 Å². The van der Waals surface area contributed by atoms with Gasteiger partial charge in [0.15, 0.2) is 0 Å². The van der Waals surface area contributed by atoms with Gasteiger partial charge in [-0.2, -0.15) is 0 Å². The predicted octanol–water partition coefficient (Wildman–Crippen LogP) is 1.97. The van der Waals surface area contributed by atoms with Crippen molar-refractivity contribution in [2.24, 2.45) is 0 Å². The number of ether oxygens (including phenoxy) is 1. The van der Waals surface area contributed by atoms with Crippen molar-refractivity contribution < 1.29 is 4.74 Å². The Morgan fingerprint density at radius 1 is 1.67 bits per heavy atom. The zero-order valence-electron chi connectivity index (χ0n) is 6.99. The molecule has 12 heavy (non-hydrogen) atoms. The van der Waals surface area contributed by atoms with E-state index in [1.165, 1.54) is 0 Å². The summed E-state index contributed by atoms with van der Waals surface area (Å²) >= 11 is 1.59. The second kappa shape index (κ2) is 3.03. The van der Waals surface area contributed by atoms with Crippen LogP contribution in [0.3, 0.4) is 0 Å². The molecule has 1 saturated heterocycles. The third kappa shape index (κ3) is 1.44. The number of aromatic nitrogens is 1. The Morgan fingerprint density at radius 3 is 3.00 bits per heavy atom. The van der Waals surface area contributed by atoms with Crippen LogP contribution < -0.4 is 5.73 Å². The van der Waals surface area contributed by atoms with E-state index in [4.69, 9.17) is 10.5 Å². The van der Waals surface area contributed by atoms with E-state index in [-0.39, 0.29) is 6.10 Å². The van der Waals surface area contributed by atoms with Crippen molar-refractivity contribution in [1.82, 2.24) is 4.98 Å². The molecule has 2 N–H and O–H groups in total. The molecule has 0 aromatic carbocycles. The lowest BCUT2D eigenvalue weighted by Crippen LogP contribution is -2.00. The first-order valence-electron chi connectivity index (χ1n) is 4.12. The Morgan fingerprint density at radius 2 is 2.50 bits per heavy atom. The minimum atomic E-state index is 0.197. The van der Waals surface area contributed by atoms with Gasteiger partial charge >= 0.3 is 0 Å². The van der Waals surface area contributed by atoms with Crippen molar-refractivity contribution in [3.63, 3.8) is 0 Å². The maximum absolute atomic E-state index is 5.65. The molecule has 4 heteroatoms. The Balaban J connectivity index is 2.11. The van der Waals surface area contributed by atoms with E-state index in [1.807, 2.05) is 5.38 Å². The summed E-state index contributed by atoms with van der Waals surface area (Å²) in [7, 11) is 0. The van der Waals surface area contributed by atoms with Crippen LogP contribution >= 0.6 is 11.3 Å². The van der Waals surface area contributed by atoms with Gasteiger partial charge < -0.3 is 10.5 Å². The van der Waals surface area contributed by atoms with Gasteiger partial charge in [-0.1, -0.05) is 0 Å². The molecule has 0 spiro atoms. The molecule has 0 saturated carbocycles. The number of anilines is 1. The molecule has 0 amide bonds. The minimum absolute atomic E-state index is 0.197. The van der Waals surface area contributed by atoms with Crippen molar-refractivity contribution >= 4 is 17.2 Å². The number of hydrogen-bond donors (Lipinski definition) is 1. The monoisotopic (exact) mass is 184 g/mol. The van der Waals surface area contributed by atoms with Gasteiger partial charge in [0.1, 0.15) is 16.9 Å². The summed E-state index contributed by atoms with van der Waals surface area (Å²) in [5.74, 6) is 0.609. The highest BCUT2D eigenvalue weighted by molar-refractivity contribution is 7.10. The number of nitrogen functional groups attached to an aromatic ring is 1. The summed E-state index contributed by atoms with van der Waals surface area (Å²) in [4.78, 5) is 4.20. The van der Waals surface area contributed by atoms with Gasteiger partial charge in [-0.25, -0.2) is 4.98 Å². The van der Waals surface area contributed by atoms with E-state index in [0.717, 1.165) is 17.8 Å². The average Bonchev–Trinajstić information content (AvgIpc) is 2.58. The molecule has 2 rings (SSSR count). The Bertz CT molecular complexity index is 274. The largest absolute Gasteiger partial charge is 0.383 e. The highest BCUT2D eigenvalue weighted by Crippen LogP contribution is 2.34. The minimum Gasteiger partial charge on any atom is -0.383 e. The van der Waals surface area contributed by atoms with E-state index in [2.05, 4.69) is 11.9 Å². The fourth-order valence-electron chi connectivity index (χ4n) is 1.43. The van der Waals surface area contributed by atoms with Crippen LogP contribution in [0.25, 0.3) is 0 Å². The van der Waals surface area contributed by atoms with Crippen molar-refractivity contribution in [3.8, 4) is 0 Å². The number of nitrogens with zero attached hydrogens (tertiary/aromatic N) is 1. The van der Waals surface area contributed by atoms with Crippen molar-refractivity contribution in [3.05, 3.63) is 10.4 Å². The van der Waals surface area contributed by atoms with Crippen LogP contribution in [0.5, 0.6) is 0 Å². The van der Waals surface area contributed by atoms with Crippen LogP contribution in [0.15, 0.2) is 5.38 Å². The average molecular weight is 184 g/mol. The first kappa shape index (κ1) is 8.01. The van der Waals surface area contributed by atoms with Crippen molar-refractivity contribution in [1.29, 1.82) is 0 Å². The topological polar surface area (TPSA) is 48.1 Å². The molecule has 0 aliphatic carbocycles. The molecule has 66 valence electrons. The molecule has 1 aliphatic rings. The number of nitrogens with two attached hydrogens (primary N) is 1. The lowest BCUT2D eigenvalue weighted by Gasteiger charge is -2.06. The molecule has 1 fully saturated rings. The van der Waals surface area contributed by atoms with E-state index in [9.17, 15) is 0 Å². The van der Waals surface area contributed by atoms with Crippen LogP contribution in [0.1, 0.15) is 30.9 Å². The van der Waals surface area contributed by atoms with Gasteiger partial charge in [0, 0.05) is 5.38 Å². The molecule has 2 heterocycles. The Kier molecular flexibility index (Phi) is 2.02. The summed E-state index contributed by atoms with van der Waals surface area (Å²) in [5.41, 5.74) is 5.52. The quantitative estimate of drug-likeness (QED) is 0.725. The van der Waals surface area contributed by atoms with Crippen LogP contribution in [-0.2, 0) is 4.74 Å². The molecule has 2 atom stereocenters. The van der Waals surface area contributed by atoms with E-state index in [1.54, 1.807) is 11.3 Å². The zero-order chi connectivity index (χ0) is 8.55. The van der Waals surface area contributed by atoms with Gasteiger partial charge in [-0.05, 0) is 19.8 Å². The number of thiazole rings is 1. The lowest BCUT2D eigenvalue weighted by molar-refractivity contribution is 0.0555. The molecule has 2 unspecified atom stereocenters. The fourth-order valence-corrected chi connectivity index (χ4v) is 2.21. The maximum atomic E-state index is 5.65. The Hall–Kier alpha value is -0.610. The standard InChI is InChI=1S/C8H12N2OS/c1-5-2-3-6(11-5)8-10-7(9)4-12-8/h4-6H,2-3,9H2,1H3. The van der Waals surface area contributed by atoms with Crippen LogP contribution in [-0.4, -0.2) is 11.1 Å². The predicted molar refractivity (Wildman–Crippen MR) is 49.0 cm³/mol. The second-order valence-electron chi connectivity index (χ2n) is 3.12.